The lowest BCUT2D eigenvalue weighted by atomic mass is 10.0. The second-order valence-corrected chi connectivity index (χ2v) is 7.67. The van der Waals surface area contributed by atoms with Crippen LogP contribution in [-0.4, -0.2) is 9.81 Å². The summed E-state index contributed by atoms with van der Waals surface area (Å²) in [5.41, 5.74) is 1.15. The Morgan fingerprint density at radius 1 is 1.28 bits per heavy atom. The number of hydrogen-bond donors (Lipinski definition) is 0. The summed E-state index contributed by atoms with van der Waals surface area (Å²) in [5, 5.41) is 1.27. The molecule has 1 aliphatic rings. The van der Waals surface area contributed by atoms with Gasteiger partial charge in [-0.1, -0.05) is 53.7 Å². The monoisotopic (exact) mass is 323 g/mol. The van der Waals surface area contributed by atoms with Crippen molar-refractivity contribution in [2.24, 2.45) is 5.92 Å². The second kappa shape index (κ2) is 5.70. The zero-order chi connectivity index (χ0) is 12.4. The van der Waals surface area contributed by atoms with E-state index in [2.05, 4.69) is 40.2 Å². The highest BCUT2D eigenvalue weighted by molar-refractivity contribution is 9.09. The van der Waals surface area contributed by atoms with Crippen molar-refractivity contribution in [2.45, 2.75) is 43.4 Å². The summed E-state index contributed by atoms with van der Waals surface area (Å²) in [6.07, 6.45) is 8.13. The summed E-state index contributed by atoms with van der Waals surface area (Å²) in [5.74, 6) is 0.948. The van der Waals surface area contributed by atoms with Crippen LogP contribution in [-0.2, 0) is 6.42 Å². The lowest BCUT2D eigenvalue weighted by Gasteiger charge is -2.13. The van der Waals surface area contributed by atoms with Crippen molar-refractivity contribution in [3.8, 4) is 0 Å². The molecule has 1 aromatic heterocycles. The van der Waals surface area contributed by atoms with Crippen molar-refractivity contribution in [3.05, 3.63) is 29.3 Å². The molecule has 1 saturated carbocycles. The number of para-hydroxylation sites is 1. The van der Waals surface area contributed by atoms with Gasteiger partial charge in [0.15, 0.2) is 0 Å². The fraction of sp³-hybridized carbons (Fsp3) is 0.533. The van der Waals surface area contributed by atoms with E-state index >= 15 is 0 Å². The SMILES string of the molecule is BrC(Cc1nc2ccccc2s1)CC1CCCC1. The molecular weight excluding hydrogens is 306 g/mol. The zero-order valence-electron chi connectivity index (χ0n) is 10.4. The molecule has 0 spiro atoms. The van der Waals surface area contributed by atoms with Gasteiger partial charge in [-0.3, -0.25) is 0 Å². The highest BCUT2D eigenvalue weighted by Gasteiger charge is 2.19. The molecule has 2 aromatic rings. The van der Waals surface area contributed by atoms with Crippen LogP contribution in [0.3, 0.4) is 0 Å². The Kier molecular flexibility index (Phi) is 4.00. The van der Waals surface area contributed by atoms with E-state index < -0.39 is 0 Å². The first-order valence-electron chi connectivity index (χ1n) is 6.80. The molecular formula is C15H18BrNS. The van der Waals surface area contributed by atoms with Gasteiger partial charge in [-0.05, 0) is 24.5 Å². The van der Waals surface area contributed by atoms with Crippen LogP contribution in [0.2, 0.25) is 0 Å². The third-order valence-corrected chi connectivity index (χ3v) is 5.55. The molecule has 3 heteroatoms. The standard InChI is InChI=1S/C15H18BrNS/c16-12(9-11-5-1-2-6-11)10-15-17-13-7-3-4-8-14(13)18-15/h3-4,7-8,11-12H,1-2,5-6,9-10H2. The number of nitrogens with zero attached hydrogens (tertiary/aromatic N) is 1. The first kappa shape index (κ1) is 12.6. The lowest BCUT2D eigenvalue weighted by Crippen LogP contribution is -2.08. The van der Waals surface area contributed by atoms with Gasteiger partial charge < -0.3 is 0 Å². The lowest BCUT2D eigenvalue weighted by molar-refractivity contribution is 0.495. The van der Waals surface area contributed by atoms with E-state index in [1.54, 1.807) is 0 Å². The minimum Gasteiger partial charge on any atom is -0.241 e. The number of thiazole rings is 1. The quantitative estimate of drug-likeness (QED) is 0.706. The molecule has 3 rings (SSSR count). The van der Waals surface area contributed by atoms with Crippen LogP contribution in [0.25, 0.3) is 10.2 Å². The Labute approximate surface area is 121 Å². The number of rotatable bonds is 4. The Morgan fingerprint density at radius 3 is 2.83 bits per heavy atom. The molecule has 0 radical (unpaired) electrons. The highest BCUT2D eigenvalue weighted by Crippen LogP contribution is 2.32. The molecule has 96 valence electrons. The number of fused-ring (bicyclic) bond motifs is 1. The molecule has 1 heterocycles. The number of halogens is 1. The van der Waals surface area contributed by atoms with Crippen LogP contribution in [0.5, 0.6) is 0 Å². The smallest absolute Gasteiger partial charge is 0.0949 e. The Morgan fingerprint density at radius 2 is 2.06 bits per heavy atom. The first-order valence-corrected chi connectivity index (χ1v) is 8.53. The van der Waals surface area contributed by atoms with E-state index in [-0.39, 0.29) is 0 Å². The molecule has 1 aromatic carbocycles. The van der Waals surface area contributed by atoms with Crippen LogP contribution in [0, 0.1) is 5.92 Å². The molecule has 1 nitrogen and oxygen atoms in total. The maximum absolute atomic E-state index is 4.72. The van der Waals surface area contributed by atoms with Gasteiger partial charge in [0.1, 0.15) is 0 Å². The molecule has 1 aliphatic carbocycles. The summed E-state index contributed by atoms with van der Waals surface area (Å²) in [6.45, 7) is 0. The average molecular weight is 324 g/mol. The molecule has 0 N–H and O–H groups in total. The van der Waals surface area contributed by atoms with Gasteiger partial charge in [0, 0.05) is 11.2 Å². The summed E-state index contributed by atoms with van der Waals surface area (Å²) >= 11 is 5.69. The number of benzene rings is 1. The van der Waals surface area contributed by atoms with Crippen LogP contribution in [0.15, 0.2) is 24.3 Å². The van der Waals surface area contributed by atoms with Crippen molar-refractivity contribution in [3.63, 3.8) is 0 Å². The average Bonchev–Trinajstić information content (AvgIpc) is 2.96. The van der Waals surface area contributed by atoms with Crippen LogP contribution in [0.4, 0.5) is 0 Å². The third-order valence-electron chi connectivity index (χ3n) is 3.80. The zero-order valence-corrected chi connectivity index (χ0v) is 12.8. The van der Waals surface area contributed by atoms with E-state index in [0.29, 0.717) is 4.83 Å². The van der Waals surface area contributed by atoms with Crippen LogP contribution in [0.1, 0.15) is 37.1 Å². The topological polar surface area (TPSA) is 12.9 Å². The maximum Gasteiger partial charge on any atom is 0.0949 e. The van der Waals surface area contributed by atoms with Crippen molar-refractivity contribution >= 4 is 37.5 Å². The van der Waals surface area contributed by atoms with Gasteiger partial charge in [0.2, 0.25) is 0 Å². The van der Waals surface area contributed by atoms with E-state index in [9.17, 15) is 0 Å². The fourth-order valence-corrected chi connectivity index (χ4v) is 4.98. The predicted octanol–water partition coefficient (Wildman–Crippen LogP) is 5.18. The molecule has 0 amide bonds. The summed E-state index contributed by atoms with van der Waals surface area (Å²) in [7, 11) is 0. The number of aromatic nitrogens is 1. The number of hydrogen-bond acceptors (Lipinski definition) is 2. The Hall–Kier alpha value is -0.410. The minimum absolute atomic E-state index is 0.598. The normalized spacial score (nSPS) is 18.5. The van der Waals surface area contributed by atoms with Crippen molar-refractivity contribution in [2.75, 3.05) is 0 Å². The van der Waals surface area contributed by atoms with Crippen molar-refractivity contribution in [1.29, 1.82) is 0 Å². The summed E-state index contributed by atoms with van der Waals surface area (Å²) in [4.78, 5) is 5.31. The molecule has 0 saturated heterocycles. The fourth-order valence-electron chi connectivity index (χ4n) is 2.89. The largest absolute Gasteiger partial charge is 0.241 e. The molecule has 1 fully saturated rings. The second-order valence-electron chi connectivity index (χ2n) is 5.26. The highest BCUT2D eigenvalue weighted by atomic mass is 79.9. The molecule has 1 atom stereocenters. The third kappa shape index (κ3) is 2.94. The first-order chi connectivity index (χ1) is 8.81. The van der Waals surface area contributed by atoms with E-state index in [1.165, 1.54) is 41.8 Å². The van der Waals surface area contributed by atoms with Gasteiger partial charge in [-0.25, -0.2) is 4.98 Å². The van der Waals surface area contributed by atoms with Gasteiger partial charge in [-0.15, -0.1) is 11.3 Å². The molecule has 18 heavy (non-hydrogen) atoms. The molecule has 0 aliphatic heterocycles. The van der Waals surface area contributed by atoms with E-state index in [0.717, 1.165) is 17.9 Å². The number of alkyl halides is 1. The van der Waals surface area contributed by atoms with Gasteiger partial charge in [-0.2, -0.15) is 0 Å². The van der Waals surface area contributed by atoms with E-state index in [1.807, 2.05) is 11.3 Å². The van der Waals surface area contributed by atoms with Gasteiger partial charge in [0.05, 0.1) is 15.2 Å². The van der Waals surface area contributed by atoms with Crippen molar-refractivity contribution < 1.29 is 0 Å². The Bertz CT molecular complexity index is 483. The summed E-state index contributed by atoms with van der Waals surface area (Å²) < 4.78 is 1.31. The molecule has 0 bridgehead atoms. The maximum atomic E-state index is 4.72. The predicted molar refractivity (Wildman–Crippen MR) is 82.6 cm³/mol. The van der Waals surface area contributed by atoms with Gasteiger partial charge >= 0.3 is 0 Å². The summed E-state index contributed by atoms with van der Waals surface area (Å²) in [6, 6.07) is 8.43. The molecule has 1 unspecified atom stereocenters. The Balaban J connectivity index is 1.64. The van der Waals surface area contributed by atoms with Crippen LogP contribution >= 0.6 is 27.3 Å². The van der Waals surface area contributed by atoms with Crippen molar-refractivity contribution in [1.82, 2.24) is 4.98 Å². The van der Waals surface area contributed by atoms with E-state index in [4.69, 9.17) is 4.98 Å². The van der Waals surface area contributed by atoms with Gasteiger partial charge in [0.25, 0.3) is 0 Å². The van der Waals surface area contributed by atoms with Crippen LogP contribution < -0.4 is 0 Å². The minimum atomic E-state index is 0.598.